The molecule has 0 radical (unpaired) electrons. The van der Waals surface area contributed by atoms with Crippen molar-refractivity contribution in [2.75, 3.05) is 26.7 Å². The van der Waals surface area contributed by atoms with Crippen LogP contribution in [0.4, 0.5) is 0 Å². The van der Waals surface area contributed by atoms with Crippen LogP contribution in [0.5, 0.6) is 0 Å². The van der Waals surface area contributed by atoms with Gasteiger partial charge in [0.25, 0.3) is 0 Å². The van der Waals surface area contributed by atoms with Gasteiger partial charge in [-0.3, -0.25) is 9.69 Å². The first-order chi connectivity index (χ1) is 8.22. The van der Waals surface area contributed by atoms with E-state index in [0.717, 1.165) is 19.4 Å². The lowest BCUT2D eigenvalue weighted by Crippen LogP contribution is -2.41. The fraction of sp³-hybridized carbons (Fsp3) is 0.923. The normalized spacial score (nSPS) is 25.2. The van der Waals surface area contributed by atoms with Crippen molar-refractivity contribution in [1.29, 1.82) is 0 Å². The molecule has 2 rings (SSSR count). The van der Waals surface area contributed by atoms with Crippen molar-refractivity contribution in [3.8, 4) is 0 Å². The molecule has 1 atom stereocenters. The first kappa shape index (κ1) is 12.8. The van der Waals surface area contributed by atoms with E-state index in [2.05, 4.69) is 4.90 Å². The Kier molecular flexibility index (Phi) is 4.40. The smallest absolute Gasteiger partial charge is 0.236 e. The van der Waals surface area contributed by atoms with E-state index >= 15 is 0 Å². The highest BCUT2D eigenvalue weighted by atomic mass is 16.3. The van der Waals surface area contributed by atoms with Crippen LogP contribution in [0, 0.1) is 0 Å². The Morgan fingerprint density at radius 1 is 1.41 bits per heavy atom. The summed E-state index contributed by atoms with van der Waals surface area (Å²) in [6.07, 6.45) is 6.61. The van der Waals surface area contributed by atoms with Gasteiger partial charge in [-0.15, -0.1) is 0 Å². The van der Waals surface area contributed by atoms with Crippen LogP contribution < -0.4 is 0 Å². The van der Waals surface area contributed by atoms with E-state index in [1.165, 1.54) is 25.7 Å². The van der Waals surface area contributed by atoms with E-state index in [-0.39, 0.29) is 12.5 Å². The Balaban J connectivity index is 1.77. The maximum absolute atomic E-state index is 12.0. The zero-order valence-corrected chi connectivity index (χ0v) is 10.8. The van der Waals surface area contributed by atoms with E-state index < -0.39 is 0 Å². The number of carbonyl (C=O) groups is 1. The number of likely N-dealkylation sites (tertiary alicyclic amines) is 1. The molecule has 1 aliphatic carbocycles. The summed E-state index contributed by atoms with van der Waals surface area (Å²) in [6.45, 7) is 1.88. The Morgan fingerprint density at radius 3 is 2.82 bits per heavy atom. The standard InChI is InChI=1S/C13H24N2O2/c1-14(11-6-7-11)13(17)10-15-8-2-4-12(15)5-3-9-16/h11-12,16H,2-10H2,1H3. The molecular weight excluding hydrogens is 216 g/mol. The monoisotopic (exact) mass is 240 g/mol. The third-order valence-corrected chi connectivity index (χ3v) is 4.02. The minimum atomic E-state index is 0.264. The van der Waals surface area contributed by atoms with Gasteiger partial charge in [0.2, 0.25) is 5.91 Å². The van der Waals surface area contributed by atoms with E-state index in [1.807, 2.05) is 11.9 Å². The largest absolute Gasteiger partial charge is 0.396 e. The third kappa shape index (κ3) is 3.42. The predicted octanol–water partition coefficient (Wildman–Crippen LogP) is 0.844. The number of aliphatic hydroxyl groups excluding tert-OH is 1. The molecule has 0 bridgehead atoms. The minimum Gasteiger partial charge on any atom is -0.396 e. The topological polar surface area (TPSA) is 43.8 Å². The zero-order valence-electron chi connectivity index (χ0n) is 10.8. The van der Waals surface area contributed by atoms with Crippen LogP contribution >= 0.6 is 0 Å². The average Bonchev–Trinajstić information content (AvgIpc) is 3.08. The van der Waals surface area contributed by atoms with Crippen LogP contribution in [0.15, 0.2) is 0 Å². The number of rotatable bonds is 6. The molecule has 98 valence electrons. The second kappa shape index (κ2) is 5.83. The lowest BCUT2D eigenvalue weighted by molar-refractivity contribution is -0.131. The Bertz CT molecular complexity index is 266. The molecule has 1 N–H and O–H groups in total. The molecule has 0 aromatic heterocycles. The maximum atomic E-state index is 12.0. The molecule has 1 aliphatic heterocycles. The maximum Gasteiger partial charge on any atom is 0.236 e. The Labute approximate surface area is 104 Å². The molecule has 17 heavy (non-hydrogen) atoms. The van der Waals surface area contributed by atoms with Gasteiger partial charge < -0.3 is 10.0 Å². The van der Waals surface area contributed by atoms with Crippen molar-refractivity contribution < 1.29 is 9.90 Å². The number of carbonyl (C=O) groups excluding carboxylic acids is 1. The summed E-state index contributed by atoms with van der Waals surface area (Å²) >= 11 is 0. The van der Waals surface area contributed by atoms with Gasteiger partial charge in [-0.25, -0.2) is 0 Å². The number of aliphatic hydroxyl groups is 1. The van der Waals surface area contributed by atoms with Gasteiger partial charge in [0, 0.05) is 25.7 Å². The van der Waals surface area contributed by atoms with Crippen LogP contribution in [-0.4, -0.2) is 59.6 Å². The molecule has 0 aromatic carbocycles. The average molecular weight is 240 g/mol. The van der Waals surface area contributed by atoms with Crippen molar-refractivity contribution in [2.24, 2.45) is 0 Å². The molecule has 0 aromatic rings. The second-order valence-electron chi connectivity index (χ2n) is 5.37. The summed E-state index contributed by atoms with van der Waals surface area (Å²) in [7, 11) is 1.93. The lowest BCUT2D eigenvalue weighted by atomic mass is 10.1. The van der Waals surface area contributed by atoms with Gasteiger partial charge in [-0.2, -0.15) is 0 Å². The molecule has 2 aliphatic rings. The first-order valence-corrected chi connectivity index (χ1v) is 6.83. The summed E-state index contributed by atoms with van der Waals surface area (Å²) < 4.78 is 0. The molecule has 1 heterocycles. The molecule has 0 spiro atoms. The summed E-state index contributed by atoms with van der Waals surface area (Å²) in [6, 6.07) is 1.03. The van der Waals surface area contributed by atoms with Crippen molar-refractivity contribution in [3.63, 3.8) is 0 Å². The SMILES string of the molecule is CN(C(=O)CN1CCCC1CCCO)C1CC1. The highest BCUT2D eigenvalue weighted by Gasteiger charge is 2.32. The van der Waals surface area contributed by atoms with E-state index in [9.17, 15) is 4.79 Å². The fourth-order valence-corrected chi connectivity index (χ4v) is 2.71. The molecule has 4 nitrogen and oxygen atoms in total. The Hall–Kier alpha value is -0.610. The first-order valence-electron chi connectivity index (χ1n) is 6.83. The third-order valence-electron chi connectivity index (χ3n) is 4.02. The van der Waals surface area contributed by atoms with Gasteiger partial charge in [-0.05, 0) is 45.1 Å². The van der Waals surface area contributed by atoms with Gasteiger partial charge in [-0.1, -0.05) is 0 Å². The van der Waals surface area contributed by atoms with Crippen molar-refractivity contribution in [3.05, 3.63) is 0 Å². The van der Waals surface area contributed by atoms with Crippen LogP contribution in [0.1, 0.15) is 38.5 Å². The number of hydrogen-bond acceptors (Lipinski definition) is 3. The lowest BCUT2D eigenvalue weighted by Gasteiger charge is -2.26. The van der Waals surface area contributed by atoms with Crippen molar-refractivity contribution >= 4 is 5.91 Å². The predicted molar refractivity (Wildman–Crippen MR) is 66.7 cm³/mol. The number of hydrogen-bond donors (Lipinski definition) is 1. The quantitative estimate of drug-likeness (QED) is 0.748. The minimum absolute atomic E-state index is 0.264. The van der Waals surface area contributed by atoms with E-state index in [1.54, 1.807) is 0 Å². The van der Waals surface area contributed by atoms with Crippen molar-refractivity contribution in [1.82, 2.24) is 9.80 Å². The molecular formula is C13H24N2O2. The Morgan fingerprint density at radius 2 is 2.18 bits per heavy atom. The van der Waals surface area contributed by atoms with Gasteiger partial charge in [0.05, 0.1) is 6.54 Å². The van der Waals surface area contributed by atoms with E-state index in [4.69, 9.17) is 5.11 Å². The molecule has 1 unspecified atom stereocenters. The number of nitrogens with zero attached hydrogens (tertiary/aromatic N) is 2. The molecule has 4 heteroatoms. The van der Waals surface area contributed by atoms with Crippen molar-refractivity contribution in [2.45, 2.75) is 50.6 Å². The van der Waals surface area contributed by atoms with Crippen LogP contribution in [0.3, 0.4) is 0 Å². The molecule has 2 fully saturated rings. The van der Waals surface area contributed by atoms with Gasteiger partial charge in [0.15, 0.2) is 0 Å². The summed E-state index contributed by atoms with van der Waals surface area (Å²) in [5, 5.41) is 8.87. The van der Waals surface area contributed by atoms with Gasteiger partial charge >= 0.3 is 0 Å². The molecule has 1 saturated carbocycles. The number of likely N-dealkylation sites (N-methyl/N-ethyl adjacent to an activating group) is 1. The second-order valence-corrected chi connectivity index (χ2v) is 5.37. The fourth-order valence-electron chi connectivity index (χ4n) is 2.71. The summed E-state index contributed by atoms with van der Waals surface area (Å²) in [5.41, 5.74) is 0. The van der Waals surface area contributed by atoms with Gasteiger partial charge in [0.1, 0.15) is 0 Å². The highest BCUT2D eigenvalue weighted by molar-refractivity contribution is 5.78. The van der Waals surface area contributed by atoms with Crippen LogP contribution in [0.25, 0.3) is 0 Å². The zero-order chi connectivity index (χ0) is 12.3. The summed E-state index contributed by atoms with van der Waals surface area (Å²) in [4.78, 5) is 16.3. The van der Waals surface area contributed by atoms with Crippen LogP contribution in [0.2, 0.25) is 0 Å². The van der Waals surface area contributed by atoms with E-state index in [0.29, 0.717) is 18.6 Å². The number of amides is 1. The molecule has 1 saturated heterocycles. The highest BCUT2D eigenvalue weighted by Crippen LogP contribution is 2.26. The molecule has 1 amide bonds. The summed E-state index contributed by atoms with van der Waals surface area (Å²) in [5.74, 6) is 0.267. The van der Waals surface area contributed by atoms with Crippen LogP contribution in [-0.2, 0) is 4.79 Å².